The minimum absolute atomic E-state index is 0.151. The quantitative estimate of drug-likeness (QED) is 0.428. The molecular weight excluding hydrogens is 224 g/mol. The number of fused-ring (bicyclic) bond motifs is 1. The third-order valence-corrected chi connectivity index (χ3v) is 4.21. The third-order valence-electron chi connectivity index (χ3n) is 3.06. The van der Waals surface area contributed by atoms with Crippen LogP contribution in [-0.4, -0.2) is 42.6 Å². The van der Waals surface area contributed by atoms with Gasteiger partial charge in [0.2, 0.25) is 0 Å². The molecule has 2 atom stereocenters. The maximum atomic E-state index is 5.50. The Morgan fingerprint density at radius 3 is 2.19 bits per heavy atom. The van der Waals surface area contributed by atoms with Crippen LogP contribution in [0.4, 0.5) is 0 Å². The van der Waals surface area contributed by atoms with Crippen molar-refractivity contribution in [2.45, 2.75) is 37.4 Å². The normalized spacial score (nSPS) is 31.4. The standard InChI is InChI=1S/C8H12O.C3H10O3Si/c1-2-8-6-4-3-5-7(8)9-8;1-4-7(5-2)6-3/h2,7H,1,3-6H2;7H,1-3H3. The van der Waals surface area contributed by atoms with Gasteiger partial charge in [0.25, 0.3) is 0 Å². The first-order chi connectivity index (χ1) is 7.72. The molecule has 16 heavy (non-hydrogen) atoms. The molecule has 2 fully saturated rings. The molecule has 2 rings (SSSR count). The van der Waals surface area contributed by atoms with Crippen molar-refractivity contribution in [1.29, 1.82) is 0 Å². The fraction of sp³-hybridized carbons (Fsp3) is 0.818. The van der Waals surface area contributed by atoms with E-state index in [9.17, 15) is 0 Å². The highest BCUT2D eigenvalue weighted by molar-refractivity contribution is 6.36. The third kappa shape index (κ3) is 3.40. The summed E-state index contributed by atoms with van der Waals surface area (Å²) in [6, 6.07) is 0. The highest BCUT2D eigenvalue weighted by Crippen LogP contribution is 2.48. The lowest BCUT2D eigenvalue weighted by molar-refractivity contribution is 0.163. The van der Waals surface area contributed by atoms with Gasteiger partial charge in [0.15, 0.2) is 0 Å². The summed E-state index contributed by atoms with van der Waals surface area (Å²) in [6.07, 6.45) is 7.66. The highest BCUT2D eigenvalue weighted by atomic mass is 28.3. The average Bonchev–Trinajstić information content (AvgIpc) is 3.07. The van der Waals surface area contributed by atoms with Gasteiger partial charge < -0.3 is 18.0 Å². The molecule has 0 radical (unpaired) electrons. The van der Waals surface area contributed by atoms with Crippen LogP contribution < -0.4 is 0 Å². The molecule has 1 heterocycles. The van der Waals surface area contributed by atoms with Crippen LogP contribution in [-0.2, 0) is 18.0 Å². The van der Waals surface area contributed by atoms with Crippen molar-refractivity contribution in [3.8, 4) is 0 Å². The minimum Gasteiger partial charge on any atom is -0.379 e. The molecule has 0 N–H and O–H groups in total. The van der Waals surface area contributed by atoms with Crippen LogP contribution in [0.5, 0.6) is 0 Å². The van der Waals surface area contributed by atoms with E-state index in [1.807, 2.05) is 6.08 Å². The summed E-state index contributed by atoms with van der Waals surface area (Å²) < 4.78 is 19.7. The van der Waals surface area contributed by atoms with Crippen LogP contribution in [0.1, 0.15) is 25.7 Å². The van der Waals surface area contributed by atoms with Crippen molar-refractivity contribution in [2.24, 2.45) is 0 Å². The van der Waals surface area contributed by atoms with E-state index in [1.165, 1.54) is 25.7 Å². The highest BCUT2D eigenvalue weighted by Gasteiger charge is 2.54. The zero-order valence-corrected chi connectivity index (χ0v) is 11.6. The van der Waals surface area contributed by atoms with E-state index in [2.05, 4.69) is 6.58 Å². The van der Waals surface area contributed by atoms with Crippen molar-refractivity contribution < 1.29 is 18.0 Å². The summed E-state index contributed by atoms with van der Waals surface area (Å²) in [5.41, 5.74) is 0.151. The largest absolute Gasteiger partial charge is 0.483 e. The van der Waals surface area contributed by atoms with Crippen LogP contribution >= 0.6 is 0 Å². The number of hydrogen-bond acceptors (Lipinski definition) is 4. The molecule has 94 valence electrons. The fourth-order valence-electron chi connectivity index (χ4n) is 2.06. The predicted molar refractivity (Wildman–Crippen MR) is 64.4 cm³/mol. The Hall–Kier alpha value is -0.203. The average molecular weight is 246 g/mol. The molecular formula is C11H22O4Si. The summed E-state index contributed by atoms with van der Waals surface area (Å²) in [6.45, 7) is 3.77. The number of hydrogen-bond donors (Lipinski definition) is 0. The SMILES string of the molecule is C=CC12CCCCC1O2.CO[SiH](OC)OC. The summed E-state index contributed by atoms with van der Waals surface area (Å²) in [4.78, 5) is 0. The van der Waals surface area contributed by atoms with Gasteiger partial charge in [0.1, 0.15) is 5.60 Å². The topological polar surface area (TPSA) is 40.2 Å². The molecule has 0 amide bonds. The van der Waals surface area contributed by atoms with Gasteiger partial charge in [-0.1, -0.05) is 18.9 Å². The van der Waals surface area contributed by atoms with Gasteiger partial charge in [-0.2, -0.15) is 0 Å². The smallest absolute Gasteiger partial charge is 0.379 e. The second-order valence-corrected chi connectivity index (χ2v) is 6.00. The van der Waals surface area contributed by atoms with E-state index in [1.54, 1.807) is 21.3 Å². The number of ether oxygens (including phenoxy) is 1. The van der Waals surface area contributed by atoms with Gasteiger partial charge in [-0.25, -0.2) is 0 Å². The number of epoxide rings is 1. The lowest BCUT2D eigenvalue weighted by atomic mass is 9.89. The van der Waals surface area contributed by atoms with E-state index in [0.29, 0.717) is 6.10 Å². The molecule has 5 heteroatoms. The van der Waals surface area contributed by atoms with Crippen molar-refractivity contribution in [3.63, 3.8) is 0 Å². The maximum Gasteiger partial charge on any atom is 0.483 e. The molecule has 1 aliphatic heterocycles. The zero-order chi connectivity index (χ0) is 12.0. The first-order valence-corrected chi connectivity index (χ1v) is 7.03. The number of rotatable bonds is 4. The molecule has 1 saturated heterocycles. The van der Waals surface area contributed by atoms with Gasteiger partial charge in [0.05, 0.1) is 6.10 Å². The Labute approximate surface area is 99.5 Å². The second-order valence-electron chi connectivity index (χ2n) is 4.01. The van der Waals surface area contributed by atoms with Crippen LogP contribution in [0.3, 0.4) is 0 Å². The van der Waals surface area contributed by atoms with Crippen LogP contribution in [0.25, 0.3) is 0 Å². The Kier molecular flexibility index (Phi) is 5.64. The van der Waals surface area contributed by atoms with Gasteiger partial charge in [-0.3, -0.25) is 0 Å². The zero-order valence-electron chi connectivity index (χ0n) is 10.4. The molecule has 2 unspecified atom stereocenters. The van der Waals surface area contributed by atoms with Gasteiger partial charge >= 0.3 is 9.53 Å². The van der Waals surface area contributed by atoms with Crippen molar-refractivity contribution >= 4 is 9.53 Å². The molecule has 1 saturated carbocycles. The first-order valence-electron chi connectivity index (χ1n) is 5.62. The molecule has 0 spiro atoms. The molecule has 0 aromatic heterocycles. The molecule has 0 bridgehead atoms. The van der Waals surface area contributed by atoms with Crippen molar-refractivity contribution in [2.75, 3.05) is 21.3 Å². The maximum absolute atomic E-state index is 5.50. The van der Waals surface area contributed by atoms with Gasteiger partial charge in [0, 0.05) is 21.3 Å². The Morgan fingerprint density at radius 1 is 1.25 bits per heavy atom. The summed E-state index contributed by atoms with van der Waals surface area (Å²) in [5.74, 6) is 0. The van der Waals surface area contributed by atoms with Gasteiger partial charge in [-0.15, -0.1) is 6.58 Å². The molecule has 0 aromatic carbocycles. The Morgan fingerprint density at radius 2 is 1.88 bits per heavy atom. The monoisotopic (exact) mass is 246 g/mol. The van der Waals surface area contributed by atoms with E-state index in [4.69, 9.17) is 18.0 Å². The summed E-state index contributed by atoms with van der Waals surface area (Å²) >= 11 is 0. The van der Waals surface area contributed by atoms with Crippen molar-refractivity contribution in [3.05, 3.63) is 12.7 Å². The Balaban J connectivity index is 0.000000168. The van der Waals surface area contributed by atoms with E-state index < -0.39 is 9.53 Å². The Bertz CT molecular complexity index is 215. The second kappa shape index (κ2) is 6.51. The molecule has 4 nitrogen and oxygen atoms in total. The predicted octanol–water partition coefficient (Wildman–Crippen LogP) is 1.53. The summed E-state index contributed by atoms with van der Waals surface area (Å²) in [5, 5.41) is 0. The van der Waals surface area contributed by atoms with E-state index >= 15 is 0 Å². The van der Waals surface area contributed by atoms with Crippen LogP contribution in [0.15, 0.2) is 12.7 Å². The van der Waals surface area contributed by atoms with Crippen LogP contribution in [0, 0.1) is 0 Å². The van der Waals surface area contributed by atoms with Gasteiger partial charge in [-0.05, 0) is 12.8 Å². The lowest BCUT2D eigenvalue weighted by Gasteiger charge is -2.11. The van der Waals surface area contributed by atoms with E-state index in [0.717, 1.165) is 0 Å². The molecule has 0 aromatic rings. The fourth-order valence-corrected chi connectivity index (χ4v) is 2.63. The van der Waals surface area contributed by atoms with Crippen LogP contribution in [0.2, 0.25) is 0 Å². The minimum atomic E-state index is -1.67. The summed E-state index contributed by atoms with van der Waals surface area (Å²) in [7, 11) is 3.05. The molecule has 2 aliphatic rings. The first kappa shape index (κ1) is 13.9. The van der Waals surface area contributed by atoms with E-state index in [-0.39, 0.29) is 5.60 Å². The van der Waals surface area contributed by atoms with Crippen molar-refractivity contribution in [1.82, 2.24) is 0 Å². The molecule has 1 aliphatic carbocycles. The lowest BCUT2D eigenvalue weighted by Crippen LogP contribution is -2.21.